The normalized spacial score (nSPS) is 22.5. The maximum absolute atomic E-state index is 12.2. The zero-order chi connectivity index (χ0) is 19.2. The molecule has 1 saturated carbocycles. The van der Waals surface area contributed by atoms with E-state index >= 15 is 0 Å². The molecule has 4 heteroatoms. The molecular weight excluding hydrogens is 326 g/mol. The minimum Gasteiger partial charge on any atom is -0.461 e. The SMILES string of the molecule is CC.CC.O=C(OCc1ccccc1)C1CC[C@@H](NC2CCOCC2)C1. The first-order valence-corrected chi connectivity index (χ1v) is 10.4. The Kier molecular flexibility index (Phi) is 12.0. The fourth-order valence-corrected chi connectivity index (χ4v) is 3.39. The van der Waals surface area contributed by atoms with Crippen LogP contribution in [0.15, 0.2) is 30.3 Å². The van der Waals surface area contributed by atoms with Crippen molar-refractivity contribution in [3.63, 3.8) is 0 Å². The van der Waals surface area contributed by atoms with E-state index in [4.69, 9.17) is 9.47 Å². The number of nitrogens with one attached hydrogen (secondary N) is 1. The molecule has 1 aromatic carbocycles. The second-order valence-electron chi connectivity index (χ2n) is 6.35. The van der Waals surface area contributed by atoms with Crippen molar-refractivity contribution in [2.24, 2.45) is 5.92 Å². The number of hydrogen-bond donors (Lipinski definition) is 1. The van der Waals surface area contributed by atoms with Crippen molar-refractivity contribution in [3.05, 3.63) is 35.9 Å². The van der Waals surface area contributed by atoms with Crippen LogP contribution < -0.4 is 5.32 Å². The fraction of sp³-hybridized carbons (Fsp3) is 0.682. The van der Waals surface area contributed by atoms with Crippen LogP contribution in [0.2, 0.25) is 0 Å². The molecule has 0 bridgehead atoms. The maximum atomic E-state index is 12.2. The van der Waals surface area contributed by atoms with Crippen molar-refractivity contribution in [2.75, 3.05) is 13.2 Å². The van der Waals surface area contributed by atoms with E-state index in [9.17, 15) is 4.79 Å². The third-order valence-electron chi connectivity index (χ3n) is 4.68. The molecule has 2 aliphatic rings. The molecule has 0 amide bonds. The van der Waals surface area contributed by atoms with Gasteiger partial charge in [0, 0.05) is 25.3 Å². The number of ether oxygens (including phenoxy) is 2. The number of benzene rings is 1. The molecule has 148 valence electrons. The van der Waals surface area contributed by atoms with E-state index in [0.29, 0.717) is 18.7 Å². The summed E-state index contributed by atoms with van der Waals surface area (Å²) >= 11 is 0. The largest absolute Gasteiger partial charge is 0.461 e. The van der Waals surface area contributed by atoms with Gasteiger partial charge in [-0.05, 0) is 37.7 Å². The first-order valence-electron chi connectivity index (χ1n) is 10.4. The molecule has 1 unspecified atom stereocenters. The molecule has 0 aromatic heterocycles. The van der Waals surface area contributed by atoms with E-state index in [1.165, 1.54) is 0 Å². The van der Waals surface area contributed by atoms with E-state index < -0.39 is 0 Å². The molecule has 3 rings (SSSR count). The molecule has 1 aromatic rings. The number of rotatable bonds is 5. The minimum absolute atomic E-state index is 0.0415. The molecular formula is C22H37NO3. The van der Waals surface area contributed by atoms with Crippen LogP contribution in [0.4, 0.5) is 0 Å². The number of esters is 1. The first kappa shape index (κ1) is 22.7. The van der Waals surface area contributed by atoms with Crippen molar-refractivity contribution in [1.82, 2.24) is 5.32 Å². The predicted molar refractivity (Wildman–Crippen MR) is 107 cm³/mol. The van der Waals surface area contributed by atoms with Crippen LogP contribution in [0.1, 0.15) is 65.4 Å². The lowest BCUT2D eigenvalue weighted by Crippen LogP contribution is -2.40. The number of hydrogen-bond acceptors (Lipinski definition) is 4. The highest BCUT2D eigenvalue weighted by molar-refractivity contribution is 5.72. The summed E-state index contributed by atoms with van der Waals surface area (Å²) in [6.45, 7) is 10.1. The molecule has 2 atom stereocenters. The highest BCUT2D eigenvalue weighted by Gasteiger charge is 2.32. The van der Waals surface area contributed by atoms with Gasteiger partial charge in [-0.25, -0.2) is 0 Å². The van der Waals surface area contributed by atoms with Crippen molar-refractivity contribution in [3.8, 4) is 0 Å². The third-order valence-corrected chi connectivity index (χ3v) is 4.68. The summed E-state index contributed by atoms with van der Waals surface area (Å²) in [4.78, 5) is 12.2. The molecule has 1 aliphatic heterocycles. The molecule has 2 fully saturated rings. The Morgan fingerprint density at radius 2 is 1.65 bits per heavy atom. The monoisotopic (exact) mass is 363 g/mol. The summed E-state index contributed by atoms with van der Waals surface area (Å²) in [5, 5.41) is 3.69. The molecule has 4 nitrogen and oxygen atoms in total. The zero-order valence-electron chi connectivity index (χ0n) is 17.0. The fourth-order valence-electron chi connectivity index (χ4n) is 3.39. The van der Waals surface area contributed by atoms with Gasteiger partial charge in [0.15, 0.2) is 0 Å². The zero-order valence-corrected chi connectivity index (χ0v) is 17.0. The Balaban J connectivity index is 0.000000791. The predicted octanol–water partition coefficient (Wildman–Crippen LogP) is 4.72. The minimum atomic E-state index is -0.0415. The Bertz CT molecular complexity index is 472. The Morgan fingerprint density at radius 3 is 2.31 bits per heavy atom. The van der Waals surface area contributed by atoms with Crippen molar-refractivity contribution in [2.45, 2.75) is 78.5 Å². The molecule has 1 aliphatic carbocycles. The van der Waals surface area contributed by atoms with E-state index in [1.807, 2.05) is 58.0 Å². The second-order valence-corrected chi connectivity index (χ2v) is 6.35. The molecule has 26 heavy (non-hydrogen) atoms. The molecule has 0 spiro atoms. The van der Waals surface area contributed by atoms with Gasteiger partial charge in [-0.3, -0.25) is 4.79 Å². The Hall–Kier alpha value is -1.39. The van der Waals surface area contributed by atoms with Gasteiger partial charge < -0.3 is 14.8 Å². The first-order chi connectivity index (χ1) is 12.8. The Labute approximate surface area is 159 Å². The summed E-state index contributed by atoms with van der Waals surface area (Å²) in [6.07, 6.45) is 5.08. The third kappa shape index (κ3) is 7.88. The lowest BCUT2D eigenvalue weighted by molar-refractivity contribution is -0.149. The topological polar surface area (TPSA) is 47.6 Å². The molecule has 0 radical (unpaired) electrons. The van der Waals surface area contributed by atoms with Gasteiger partial charge in [0.2, 0.25) is 0 Å². The second kappa shape index (κ2) is 13.8. The van der Waals surface area contributed by atoms with Gasteiger partial charge in [-0.15, -0.1) is 0 Å². The van der Waals surface area contributed by atoms with Gasteiger partial charge in [-0.1, -0.05) is 58.0 Å². The molecule has 1 saturated heterocycles. The van der Waals surface area contributed by atoms with Crippen molar-refractivity contribution >= 4 is 5.97 Å². The average molecular weight is 364 g/mol. The van der Waals surface area contributed by atoms with Crippen LogP contribution in [0.3, 0.4) is 0 Å². The van der Waals surface area contributed by atoms with Crippen LogP contribution in [0, 0.1) is 5.92 Å². The van der Waals surface area contributed by atoms with Crippen molar-refractivity contribution in [1.29, 1.82) is 0 Å². The van der Waals surface area contributed by atoms with Crippen LogP contribution >= 0.6 is 0 Å². The summed E-state index contributed by atoms with van der Waals surface area (Å²) in [5.41, 5.74) is 1.05. The standard InChI is InChI=1S/C18H25NO3.2C2H6/c20-18(22-13-14-4-2-1-3-5-14)15-6-7-17(12-15)19-16-8-10-21-11-9-16;2*1-2/h1-5,15-17,19H,6-13H2;2*1-2H3/t15?,17-;;/m1../s1. The van der Waals surface area contributed by atoms with Crippen LogP contribution in [0.25, 0.3) is 0 Å². The summed E-state index contributed by atoms with van der Waals surface area (Å²) in [7, 11) is 0. The van der Waals surface area contributed by atoms with Crippen LogP contribution in [-0.4, -0.2) is 31.3 Å². The summed E-state index contributed by atoms with van der Waals surface area (Å²) in [6, 6.07) is 10.9. The highest BCUT2D eigenvalue weighted by atomic mass is 16.5. The molecule has 1 N–H and O–H groups in total. The summed E-state index contributed by atoms with van der Waals surface area (Å²) in [5.74, 6) is 0.0150. The quantitative estimate of drug-likeness (QED) is 0.769. The molecule has 1 heterocycles. The number of carbonyl (C=O) groups excluding carboxylic acids is 1. The van der Waals surface area contributed by atoms with E-state index in [2.05, 4.69) is 5.32 Å². The average Bonchev–Trinajstić information content (AvgIpc) is 3.19. The van der Waals surface area contributed by atoms with Gasteiger partial charge in [-0.2, -0.15) is 0 Å². The van der Waals surface area contributed by atoms with Gasteiger partial charge in [0.05, 0.1) is 5.92 Å². The lowest BCUT2D eigenvalue weighted by atomic mass is 10.1. The maximum Gasteiger partial charge on any atom is 0.309 e. The van der Waals surface area contributed by atoms with Gasteiger partial charge in [0.25, 0.3) is 0 Å². The van der Waals surface area contributed by atoms with Gasteiger partial charge >= 0.3 is 5.97 Å². The van der Waals surface area contributed by atoms with E-state index in [1.54, 1.807) is 0 Å². The van der Waals surface area contributed by atoms with Crippen molar-refractivity contribution < 1.29 is 14.3 Å². The lowest BCUT2D eigenvalue weighted by Gasteiger charge is -2.26. The van der Waals surface area contributed by atoms with Crippen LogP contribution in [0.5, 0.6) is 0 Å². The highest BCUT2D eigenvalue weighted by Crippen LogP contribution is 2.28. The van der Waals surface area contributed by atoms with Gasteiger partial charge in [0.1, 0.15) is 6.61 Å². The number of carbonyl (C=O) groups is 1. The van der Waals surface area contributed by atoms with E-state index in [-0.39, 0.29) is 11.9 Å². The smallest absolute Gasteiger partial charge is 0.309 e. The van der Waals surface area contributed by atoms with Crippen LogP contribution in [-0.2, 0) is 20.9 Å². The Morgan fingerprint density at radius 1 is 1.00 bits per heavy atom. The van der Waals surface area contributed by atoms with E-state index in [0.717, 1.165) is 50.9 Å². The summed E-state index contributed by atoms with van der Waals surface area (Å²) < 4.78 is 10.8.